The van der Waals surface area contributed by atoms with E-state index in [4.69, 9.17) is 0 Å². The molecule has 0 saturated carbocycles. The molecule has 1 amide bonds. The summed E-state index contributed by atoms with van der Waals surface area (Å²) in [6.45, 7) is 6.33. The van der Waals surface area contributed by atoms with Gasteiger partial charge >= 0.3 is 0 Å². The Morgan fingerprint density at radius 1 is 1.10 bits per heavy atom. The number of aryl methyl sites for hydroxylation is 2. The highest BCUT2D eigenvalue weighted by Crippen LogP contribution is 2.20. The number of carbonyl (C=O) groups excluding carboxylic acids is 1. The Hall–Kier alpha value is -2.16. The van der Waals surface area contributed by atoms with E-state index in [1.165, 1.54) is 12.1 Å². The maximum atomic E-state index is 13.0. The Morgan fingerprint density at radius 3 is 2.35 bits per heavy atom. The van der Waals surface area contributed by atoms with Gasteiger partial charge in [0.25, 0.3) is 5.91 Å². The summed E-state index contributed by atoms with van der Waals surface area (Å²) in [5.41, 5.74) is 3.39. The molecule has 2 nitrogen and oxygen atoms in total. The lowest BCUT2D eigenvalue weighted by Gasteiger charge is -2.22. The van der Waals surface area contributed by atoms with Crippen LogP contribution in [0.5, 0.6) is 0 Å². The van der Waals surface area contributed by atoms with Gasteiger partial charge in [-0.3, -0.25) is 4.79 Å². The first-order valence-corrected chi connectivity index (χ1v) is 6.67. The number of amides is 1. The van der Waals surface area contributed by atoms with E-state index >= 15 is 0 Å². The van der Waals surface area contributed by atoms with Gasteiger partial charge in [0.15, 0.2) is 0 Å². The van der Waals surface area contributed by atoms with Crippen molar-refractivity contribution < 1.29 is 9.18 Å². The van der Waals surface area contributed by atoms with Gasteiger partial charge in [-0.2, -0.15) is 0 Å². The largest absolute Gasteiger partial charge is 0.309 e. The SMILES string of the molecule is CCN(C(=O)c1cc(C)ccc1C)c1ccc(F)cc1. The minimum Gasteiger partial charge on any atom is -0.309 e. The summed E-state index contributed by atoms with van der Waals surface area (Å²) in [6.07, 6.45) is 0. The summed E-state index contributed by atoms with van der Waals surface area (Å²) < 4.78 is 13.0. The monoisotopic (exact) mass is 271 g/mol. The van der Waals surface area contributed by atoms with E-state index in [0.717, 1.165) is 11.1 Å². The molecule has 0 aliphatic heterocycles. The summed E-state index contributed by atoms with van der Waals surface area (Å²) in [6, 6.07) is 11.8. The fourth-order valence-electron chi connectivity index (χ4n) is 2.18. The number of hydrogen-bond acceptors (Lipinski definition) is 1. The molecule has 0 aliphatic carbocycles. The lowest BCUT2D eigenvalue weighted by atomic mass is 10.0. The molecule has 0 aromatic heterocycles. The van der Waals surface area contributed by atoms with E-state index < -0.39 is 0 Å². The van der Waals surface area contributed by atoms with Crippen LogP contribution in [0.2, 0.25) is 0 Å². The van der Waals surface area contributed by atoms with Crippen molar-refractivity contribution in [2.45, 2.75) is 20.8 Å². The molecular formula is C17H18FNO. The molecule has 2 aromatic rings. The molecule has 2 rings (SSSR count). The van der Waals surface area contributed by atoms with Crippen molar-refractivity contribution in [2.24, 2.45) is 0 Å². The molecule has 3 heteroatoms. The zero-order valence-corrected chi connectivity index (χ0v) is 12.0. The van der Waals surface area contributed by atoms with Crippen molar-refractivity contribution in [3.63, 3.8) is 0 Å². The van der Waals surface area contributed by atoms with Crippen LogP contribution in [-0.4, -0.2) is 12.5 Å². The molecule has 0 spiro atoms. The second kappa shape index (κ2) is 5.87. The number of rotatable bonds is 3. The maximum Gasteiger partial charge on any atom is 0.258 e. The third-order valence-corrected chi connectivity index (χ3v) is 3.32. The smallest absolute Gasteiger partial charge is 0.258 e. The highest BCUT2D eigenvalue weighted by atomic mass is 19.1. The minimum absolute atomic E-state index is 0.0553. The van der Waals surface area contributed by atoms with Crippen molar-refractivity contribution in [2.75, 3.05) is 11.4 Å². The van der Waals surface area contributed by atoms with Crippen LogP contribution in [0.15, 0.2) is 42.5 Å². The molecule has 20 heavy (non-hydrogen) atoms. The van der Waals surface area contributed by atoms with E-state index in [0.29, 0.717) is 17.8 Å². The van der Waals surface area contributed by atoms with E-state index in [2.05, 4.69) is 0 Å². The second-order valence-corrected chi connectivity index (χ2v) is 4.84. The summed E-state index contributed by atoms with van der Waals surface area (Å²) in [5, 5.41) is 0. The van der Waals surface area contributed by atoms with Gasteiger partial charge in [-0.05, 0) is 56.7 Å². The van der Waals surface area contributed by atoms with Gasteiger partial charge < -0.3 is 4.90 Å². The standard InChI is InChI=1S/C17H18FNO/c1-4-19(15-9-7-14(18)8-10-15)17(20)16-11-12(2)5-6-13(16)3/h5-11H,4H2,1-3H3. The number of benzene rings is 2. The van der Waals surface area contributed by atoms with Gasteiger partial charge in [-0.1, -0.05) is 17.7 Å². The van der Waals surface area contributed by atoms with Gasteiger partial charge in [0, 0.05) is 17.8 Å². The first kappa shape index (κ1) is 14.3. The number of halogens is 1. The lowest BCUT2D eigenvalue weighted by Crippen LogP contribution is -2.31. The summed E-state index contributed by atoms with van der Waals surface area (Å²) in [7, 11) is 0. The molecule has 0 radical (unpaired) electrons. The summed E-state index contributed by atoms with van der Waals surface area (Å²) in [5.74, 6) is -0.357. The molecule has 0 fully saturated rings. The average molecular weight is 271 g/mol. The Morgan fingerprint density at radius 2 is 1.75 bits per heavy atom. The molecule has 104 valence electrons. The topological polar surface area (TPSA) is 20.3 Å². The number of carbonyl (C=O) groups is 1. The molecule has 0 atom stereocenters. The van der Waals surface area contributed by atoms with Gasteiger partial charge in [0.2, 0.25) is 0 Å². The fourth-order valence-corrected chi connectivity index (χ4v) is 2.18. The van der Waals surface area contributed by atoms with Gasteiger partial charge in [-0.15, -0.1) is 0 Å². The van der Waals surface area contributed by atoms with E-state index in [-0.39, 0.29) is 11.7 Å². The molecule has 0 aliphatic rings. The van der Waals surface area contributed by atoms with Crippen molar-refractivity contribution in [1.82, 2.24) is 0 Å². The lowest BCUT2D eigenvalue weighted by molar-refractivity contribution is 0.0987. The quantitative estimate of drug-likeness (QED) is 0.822. The molecular weight excluding hydrogens is 253 g/mol. The second-order valence-electron chi connectivity index (χ2n) is 4.84. The highest BCUT2D eigenvalue weighted by molar-refractivity contribution is 6.07. The molecule has 0 N–H and O–H groups in total. The number of nitrogens with zero attached hydrogens (tertiary/aromatic N) is 1. The molecule has 0 heterocycles. The van der Waals surface area contributed by atoms with Crippen LogP contribution < -0.4 is 4.90 Å². The van der Waals surface area contributed by atoms with E-state index in [1.54, 1.807) is 17.0 Å². The van der Waals surface area contributed by atoms with Crippen LogP contribution in [0.1, 0.15) is 28.4 Å². The first-order valence-electron chi connectivity index (χ1n) is 6.67. The number of hydrogen-bond donors (Lipinski definition) is 0. The molecule has 0 unspecified atom stereocenters. The molecule has 0 saturated heterocycles. The van der Waals surface area contributed by atoms with Crippen molar-refractivity contribution in [1.29, 1.82) is 0 Å². The Labute approximate surface area is 118 Å². The zero-order chi connectivity index (χ0) is 14.7. The Bertz CT molecular complexity index is 619. The summed E-state index contributed by atoms with van der Waals surface area (Å²) >= 11 is 0. The van der Waals surface area contributed by atoms with Crippen LogP contribution >= 0.6 is 0 Å². The zero-order valence-electron chi connectivity index (χ0n) is 12.0. The highest BCUT2D eigenvalue weighted by Gasteiger charge is 2.18. The third-order valence-electron chi connectivity index (χ3n) is 3.32. The molecule has 2 aromatic carbocycles. The Balaban J connectivity index is 2.38. The fraction of sp³-hybridized carbons (Fsp3) is 0.235. The first-order chi connectivity index (χ1) is 9.52. The predicted molar refractivity (Wildman–Crippen MR) is 79.7 cm³/mol. The summed E-state index contributed by atoms with van der Waals surface area (Å²) in [4.78, 5) is 14.3. The van der Waals surface area contributed by atoms with Gasteiger partial charge in [-0.25, -0.2) is 4.39 Å². The van der Waals surface area contributed by atoms with E-state index in [9.17, 15) is 9.18 Å². The normalized spacial score (nSPS) is 10.4. The van der Waals surface area contributed by atoms with Crippen molar-refractivity contribution in [3.05, 3.63) is 65.0 Å². The van der Waals surface area contributed by atoms with Crippen LogP contribution in [0, 0.1) is 19.7 Å². The van der Waals surface area contributed by atoms with Crippen LogP contribution in [0.25, 0.3) is 0 Å². The van der Waals surface area contributed by atoms with Crippen LogP contribution in [0.3, 0.4) is 0 Å². The maximum absolute atomic E-state index is 13.0. The predicted octanol–water partition coefficient (Wildman–Crippen LogP) is 4.11. The minimum atomic E-state index is -0.302. The van der Waals surface area contributed by atoms with Crippen LogP contribution in [0.4, 0.5) is 10.1 Å². The van der Waals surface area contributed by atoms with E-state index in [1.807, 2.05) is 39.0 Å². The third kappa shape index (κ3) is 2.87. The number of anilines is 1. The Kier molecular flexibility index (Phi) is 4.18. The van der Waals surface area contributed by atoms with Gasteiger partial charge in [0.1, 0.15) is 5.82 Å². The average Bonchev–Trinajstić information content (AvgIpc) is 2.44. The van der Waals surface area contributed by atoms with Crippen LogP contribution in [-0.2, 0) is 0 Å². The van der Waals surface area contributed by atoms with Gasteiger partial charge in [0.05, 0.1) is 0 Å². The molecule has 0 bridgehead atoms. The van der Waals surface area contributed by atoms with Crippen molar-refractivity contribution >= 4 is 11.6 Å². The van der Waals surface area contributed by atoms with Crippen molar-refractivity contribution in [3.8, 4) is 0 Å².